The van der Waals surface area contributed by atoms with E-state index in [-0.39, 0.29) is 0 Å². The minimum atomic E-state index is -4.03. The van der Waals surface area contributed by atoms with E-state index in [1.807, 2.05) is 0 Å². The van der Waals surface area contributed by atoms with Crippen molar-refractivity contribution in [1.82, 2.24) is 14.4 Å². The number of ether oxygens (including phenoxy) is 1. The summed E-state index contributed by atoms with van der Waals surface area (Å²) in [5, 5.41) is 0. The molecule has 10 heteroatoms. The van der Waals surface area contributed by atoms with E-state index in [0.717, 1.165) is 8.96 Å². The molecule has 2 aromatic rings. The molecule has 0 saturated heterocycles. The quantitative estimate of drug-likeness (QED) is 0.649. The zero-order chi connectivity index (χ0) is 17.1. The first kappa shape index (κ1) is 15.7. The molecule has 0 aromatic carbocycles. The molecule has 0 amide bonds. The highest BCUT2D eigenvalue weighted by Gasteiger charge is 2.54. The summed E-state index contributed by atoms with van der Waals surface area (Å²) in [6.07, 6.45) is 6.22. The number of fused-ring (bicyclic) bond motifs is 2. The van der Waals surface area contributed by atoms with Crippen LogP contribution in [0.1, 0.15) is 11.4 Å². The van der Waals surface area contributed by atoms with Gasteiger partial charge in [0.2, 0.25) is 10.5 Å². The van der Waals surface area contributed by atoms with Gasteiger partial charge in [0.05, 0.1) is 35.4 Å². The second-order valence-corrected chi connectivity index (χ2v) is 6.85. The molecule has 24 heavy (non-hydrogen) atoms. The van der Waals surface area contributed by atoms with Gasteiger partial charge in [-0.2, -0.15) is 0 Å². The lowest BCUT2D eigenvalue weighted by atomic mass is 9.88. The van der Waals surface area contributed by atoms with Gasteiger partial charge in [-0.25, -0.2) is 9.97 Å². The zero-order valence-corrected chi connectivity index (χ0v) is 15.4. The molecule has 0 spiro atoms. The second-order valence-electron chi connectivity index (χ2n) is 5.23. The Kier molecular flexibility index (Phi) is 3.50. The topological polar surface area (TPSA) is 43.0 Å². The van der Waals surface area contributed by atoms with Crippen molar-refractivity contribution in [3.05, 3.63) is 58.4 Å². The molecule has 0 atom stereocenters. The van der Waals surface area contributed by atoms with Crippen molar-refractivity contribution in [2.45, 2.75) is 0 Å². The molecule has 0 aliphatic carbocycles. The number of methoxy groups -OCH3 is 1. The summed E-state index contributed by atoms with van der Waals surface area (Å²) >= 11 is 6.43. The molecular weight excluding hydrogens is 449 g/mol. The number of allylic oxidation sites excluding steroid dienone is 2. The van der Waals surface area contributed by atoms with Crippen LogP contribution in [0.25, 0.3) is 5.57 Å². The van der Waals surface area contributed by atoms with Gasteiger partial charge in [0.15, 0.2) is 5.70 Å². The Morgan fingerprint density at radius 3 is 2.62 bits per heavy atom. The molecule has 5 nitrogen and oxygen atoms in total. The minimum absolute atomic E-state index is 0.299. The van der Waals surface area contributed by atoms with Crippen LogP contribution in [-0.4, -0.2) is 37.6 Å². The molecule has 2 aliphatic heterocycles. The highest BCUT2D eigenvalue weighted by Crippen LogP contribution is 2.41. The van der Waals surface area contributed by atoms with Gasteiger partial charge in [0.1, 0.15) is 0 Å². The Balaban J connectivity index is 2.04. The predicted molar refractivity (Wildman–Crippen MR) is 93.4 cm³/mol. The molecule has 2 aromatic heterocycles. The Morgan fingerprint density at radius 1 is 1.17 bits per heavy atom. The van der Waals surface area contributed by atoms with E-state index in [2.05, 4.69) is 41.8 Å². The summed E-state index contributed by atoms with van der Waals surface area (Å²) in [4.78, 5) is 8.46. The SMILES string of the molecule is COc1cnc(C2=C3C=CC(Br)=[N+]3[B-](F)(F)n3c(Br)ccc32)cn1. The third-order valence-electron chi connectivity index (χ3n) is 3.96. The number of hydrogen-bond acceptors (Lipinski definition) is 3. The first-order valence-electron chi connectivity index (χ1n) is 6.95. The molecule has 4 heterocycles. The summed E-state index contributed by atoms with van der Waals surface area (Å²) in [7, 11) is 1.49. The monoisotopic (exact) mass is 456 g/mol. The van der Waals surface area contributed by atoms with E-state index in [4.69, 9.17) is 4.74 Å². The van der Waals surface area contributed by atoms with Gasteiger partial charge in [-0.1, -0.05) is 0 Å². The molecule has 0 radical (unpaired) electrons. The van der Waals surface area contributed by atoms with Crippen LogP contribution in [0.15, 0.2) is 47.0 Å². The van der Waals surface area contributed by atoms with Crippen molar-refractivity contribution in [3.63, 3.8) is 0 Å². The maximum atomic E-state index is 15.0. The summed E-state index contributed by atoms with van der Waals surface area (Å²) in [5.74, 6) is 0.359. The maximum Gasteiger partial charge on any atom is 0.738 e. The predicted octanol–water partition coefficient (Wildman–Crippen LogP) is 3.42. The smallest absolute Gasteiger partial charge is 0.480 e. The second kappa shape index (κ2) is 5.35. The van der Waals surface area contributed by atoms with Crippen LogP contribution in [0.2, 0.25) is 0 Å². The molecule has 122 valence electrons. The first-order valence-corrected chi connectivity index (χ1v) is 8.54. The number of nitrogens with zero attached hydrogens (tertiary/aromatic N) is 4. The van der Waals surface area contributed by atoms with E-state index in [0.29, 0.717) is 37.8 Å². The van der Waals surface area contributed by atoms with Gasteiger partial charge >= 0.3 is 6.97 Å². The van der Waals surface area contributed by atoms with Crippen LogP contribution in [0.3, 0.4) is 0 Å². The molecule has 0 fully saturated rings. The molecule has 4 rings (SSSR count). The van der Waals surface area contributed by atoms with Gasteiger partial charge in [-0.3, -0.25) is 0 Å². The van der Waals surface area contributed by atoms with Crippen molar-refractivity contribution in [3.8, 4) is 5.88 Å². The Bertz CT molecular complexity index is 950. The molecule has 0 bridgehead atoms. The average molecular weight is 458 g/mol. The highest BCUT2D eigenvalue weighted by molar-refractivity contribution is 9.18. The fraction of sp³-hybridized carbons (Fsp3) is 0.0714. The van der Waals surface area contributed by atoms with Crippen LogP contribution in [-0.2, 0) is 0 Å². The van der Waals surface area contributed by atoms with Gasteiger partial charge in [0.25, 0.3) is 0 Å². The summed E-state index contributed by atoms with van der Waals surface area (Å²) in [5.41, 5.74) is 1.82. The van der Waals surface area contributed by atoms with Crippen LogP contribution in [0, 0.1) is 0 Å². The first-order chi connectivity index (χ1) is 11.4. The lowest BCUT2D eigenvalue weighted by molar-refractivity contribution is -0.358. The molecular formula is C14H9BBr2F2N4O. The minimum Gasteiger partial charge on any atom is -0.480 e. The Morgan fingerprint density at radius 2 is 1.96 bits per heavy atom. The Labute approximate surface area is 152 Å². The number of halogens is 4. The van der Waals surface area contributed by atoms with Crippen molar-refractivity contribution in [2.24, 2.45) is 0 Å². The maximum absolute atomic E-state index is 15.0. The molecule has 2 aliphatic rings. The summed E-state index contributed by atoms with van der Waals surface area (Å²) < 4.78 is 37.7. The van der Waals surface area contributed by atoms with Crippen molar-refractivity contribution >= 4 is 49.0 Å². The van der Waals surface area contributed by atoms with E-state index in [1.54, 1.807) is 24.3 Å². The molecule has 0 unspecified atom stereocenters. The molecule has 0 N–H and O–H groups in total. The van der Waals surface area contributed by atoms with Gasteiger partial charge in [0, 0.05) is 33.8 Å². The van der Waals surface area contributed by atoms with E-state index in [9.17, 15) is 0 Å². The summed E-state index contributed by atoms with van der Waals surface area (Å²) in [6, 6.07) is 3.24. The largest absolute Gasteiger partial charge is 0.738 e. The van der Waals surface area contributed by atoms with Gasteiger partial charge in [-0.15, -0.1) is 0 Å². The van der Waals surface area contributed by atoms with E-state index in [1.165, 1.54) is 19.5 Å². The fourth-order valence-electron chi connectivity index (χ4n) is 2.95. The molecule has 0 saturated carbocycles. The van der Waals surface area contributed by atoms with Crippen LogP contribution in [0.4, 0.5) is 8.63 Å². The van der Waals surface area contributed by atoms with Crippen LogP contribution >= 0.6 is 31.9 Å². The van der Waals surface area contributed by atoms with Crippen molar-refractivity contribution in [1.29, 1.82) is 0 Å². The summed E-state index contributed by atoms with van der Waals surface area (Å²) in [6.45, 7) is -4.03. The van der Waals surface area contributed by atoms with Crippen molar-refractivity contribution in [2.75, 3.05) is 7.11 Å². The fourth-order valence-corrected chi connectivity index (χ4v) is 4.08. The standard InChI is InChI=1S/C14H9BBr2F2N4O/c1-24-13-7-20-8(6-21-13)14-9-2-4-11(16)22(9)15(18,19)23-10(14)3-5-12(23)17/h2-7H,1H3. The zero-order valence-electron chi connectivity index (χ0n) is 12.3. The van der Waals surface area contributed by atoms with Gasteiger partial charge in [-0.05, 0) is 28.1 Å². The lowest BCUT2D eigenvalue weighted by Crippen LogP contribution is -2.50. The number of hydrogen-bond donors (Lipinski definition) is 0. The highest BCUT2D eigenvalue weighted by atomic mass is 79.9. The van der Waals surface area contributed by atoms with E-state index >= 15 is 8.63 Å². The average Bonchev–Trinajstić information content (AvgIpc) is 3.13. The number of aromatic nitrogens is 3. The van der Waals surface area contributed by atoms with E-state index < -0.39 is 6.97 Å². The lowest BCUT2D eigenvalue weighted by Gasteiger charge is -2.31. The van der Waals surface area contributed by atoms with Gasteiger partial charge < -0.3 is 22.3 Å². The normalized spacial score (nSPS) is 18.0. The third kappa shape index (κ3) is 2.05. The van der Waals surface area contributed by atoms with Crippen LogP contribution in [0.5, 0.6) is 5.88 Å². The van der Waals surface area contributed by atoms with Crippen molar-refractivity contribution < 1.29 is 17.9 Å². The Hall–Kier alpha value is -1.81. The third-order valence-corrected chi connectivity index (χ3v) is 5.26. The van der Waals surface area contributed by atoms with Crippen LogP contribution < -0.4 is 4.74 Å². The number of rotatable bonds is 2.